The normalized spacial score (nSPS) is 15.2. The van der Waals surface area contributed by atoms with Crippen molar-refractivity contribution in [3.05, 3.63) is 24.3 Å². The van der Waals surface area contributed by atoms with Gasteiger partial charge in [0.05, 0.1) is 11.4 Å². The number of allylic oxidation sites excluding steroid dienone is 4. The van der Waals surface area contributed by atoms with Crippen molar-refractivity contribution in [2.75, 3.05) is 13.1 Å². The topological polar surface area (TPSA) is 24.7 Å². The van der Waals surface area contributed by atoms with Crippen molar-refractivity contribution in [1.29, 1.82) is 0 Å². The highest BCUT2D eigenvalue weighted by Gasteiger charge is 1.96. The van der Waals surface area contributed by atoms with Crippen LogP contribution in [0.2, 0.25) is 0 Å². The van der Waals surface area contributed by atoms with Gasteiger partial charge in [-0.25, -0.2) is 0 Å². The minimum absolute atomic E-state index is 0.838. The first kappa shape index (κ1) is 8.91. The van der Waals surface area contributed by atoms with E-state index >= 15 is 0 Å². The molecule has 0 unspecified atom stereocenters. The first-order chi connectivity index (χ1) is 5.86. The highest BCUT2D eigenvalue weighted by atomic mass is 14.7. The van der Waals surface area contributed by atoms with E-state index in [2.05, 4.69) is 9.98 Å². The smallest absolute Gasteiger partial charge is 0.0575 e. The van der Waals surface area contributed by atoms with Crippen LogP contribution in [0.5, 0.6) is 0 Å². The number of nitrogens with zero attached hydrogens (tertiary/aromatic N) is 2. The SMILES string of the molecule is CCN=C1C=CC(=NCC)C=C1. The Morgan fingerprint density at radius 2 is 1.17 bits per heavy atom. The molecule has 0 amide bonds. The van der Waals surface area contributed by atoms with Crippen molar-refractivity contribution in [2.45, 2.75) is 13.8 Å². The van der Waals surface area contributed by atoms with E-state index in [1.54, 1.807) is 0 Å². The molecule has 0 heterocycles. The number of rotatable bonds is 2. The average molecular weight is 162 g/mol. The van der Waals surface area contributed by atoms with Crippen LogP contribution >= 0.6 is 0 Å². The molecular formula is C10H14N2. The molecule has 12 heavy (non-hydrogen) atoms. The Kier molecular flexibility index (Phi) is 3.45. The molecular weight excluding hydrogens is 148 g/mol. The van der Waals surface area contributed by atoms with E-state index in [1.807, 2.05) is 38.2 Å². The molecule has 0 aromatic heterocycles. The lowest BCUT2D eigenvalue weighted by atomic mass is 10.1. The van der Waals surface area contributed by atoms with E-state index in [-0.39, 0.29) is 0 Å². The van der Waals surface area contributed by atoms with Gasteiger partial charge in [0.25, 0.3) is 0 Å². The first-order valence-electron chi connectivity index (χ1n) is 4.32. The Labute approximate surface area is 73.4 Å². The van der Waals surface area contributed by atoms with Gasteiger partial charge in [-0.05, 0) is 38.2 Å². The van der Waals surface area contributed by atoms with Gasteiger partial charge in [0.15, 0.2) is 0 Å². The molecule has 1 aliphatic carbocycles. The summed E-state index contributed by atoms with van der Waals surface area (Å²) in [5.74, 6) is 0. The maximum absolute atomic E-state index is 4.27. The van der Waals surface area contributed by atoms with Gasteiger partial charge in [0.1, 0.15) is 0 Å². The van der Waals surface area contributed by atoms with Crippen LogP contribution in [0.25, 0.3) is 0 Å². The van der Waals surface area contributed by atoms with Crippen LogP contribution < -0.4 is 0 Å². The zero-order chi connectivity index (χ0) is 8.81. The van der Waals surface area contributed by atoms with Gasteiger partial charge >= 0.3 is 0 Å². The summed E-state index contributed by atoms with van der Waals surface area (Å²) in [6.07, 6.45) is 7.99. The Morgan fingerprint density at radius 3 is 1.42 bits per heavy atom. The van der Waals surface area contributed by atoms with E-state index < -0.39 is 0 Å². The third kappa shape index (κ3) is 2.46. The van der Waals surface area contributed by atoms with Crippen LogP contribution in [0.4, 0.5) is 0 Å². The lowest BCUT2D eigenvalue weighted by Gasteiger charge is -2.00. The molecule has 0 aliphatic heterocycles. The van der Waals surface area contributed by atoms with E-state index in [0.717, 1.165) is 24.5 Å². The largest absolute Gasteiger partial charge is 0.286 e. The van der Waals surface area contributed by atoms with E-state index in [0.29, 0.717) is 0 Å². The van der Waals surface area contributed by atoms with E-state index in [4.69, 9.17) is 0 Å². The summed E-state index contributed by atoms with van der Waals surface area (Å²) in [4.78, 5) is 8.53. The van der Waals surface area contributed by atoms with Gasteiger partial charge in [-0.3, -0.25) is 9.98 Å². The summed E-state index contributed by atoms with van der Waals surface area (Å²) in [5.41, 5.74) is 2.07. The van der Waals surface area contributed by atoms with E-state index in [1.165, 1.54) is 0 Å². The summed E-state index contributed by atoms with van der Waals surface area (Å²) in [5, 5.41) is 0. The maximum atomic E-state index is 4.27. The number of hydrogen-bond donors (Lipinski definition) is 0. The highest BCUT2D eigenvalue weighted by molar-refractivity contribution is 6.18. The zero-order valence-electron chi connectivity index (χ0n) is 7.62. The molecule has 2 nitrogen and oxygen atoms in total. The standard InChI is InChI=1S/C10H14N2/c1-3-11-9-5-7-10(8-6-9)12-4-2/h5-8H,3-4H2,1-2H3. The lowest BCUT2D eigenvalue weighted by Crippen LogP contribution is -2.00. The van der Waals surface area contributed by atoms with Crippen LogP contribution in [-0.4, -0.2) is 24.5 Å². The van der Waals surface area contributed by atoms with E-state index in [9.17, 15) is 0 Å². The molecule has 0 fully saturated rings. The second-order valence-corrected chi connectivity index (χ2v) is 2.47. The summed E-state index contributed by atoms with van der Waals surface area (Å²) >= 11 is 0. The summed E-state index contributed by atoms with van der Waals surface area (Å²) in [7, 11) is 0. The monoisotopic (exact) mass is 162 g/mol. The minimum atomic E-state index is 0.838. The molecule has 0 saturated carbocycles. The van der Waals surface area contributed by atoms with Crippen molar-refractivity contribution in [3.8, 4) is 0 Å². The molecule has 2 heteroatoms. The molecule has 0 radical (unpaired) electrons. The quantitative estimate of drug-likeness (QED) is 0.555. The second-order valence-electron chi connectivity index (χ2n) is 2.47. The minimum Gasteiger partial charge on any atom is -0.286 e. The third-order valence-corrected chi connectivity index (χ3v) is 1.53. The number of aliphatic imine (C=N–C) groups is 2. The highest BCUT2D eigenvalue weighted by Crippen LogP contribution is 1.97. The van der Waals surface area contributed by atoms with Crippen molar-refractivity contribution in [1.82, 2.24) is 0 Å². The predicted octanol–water partition coefficient (Wildman–Crippen LogP) is 2.03. The van der Waals surface area contributed by atoms with Crippen LogP contribution in [0.3, 0.4) is 0 Å². The molecule has 0 atom stereocenters. The Hall–Kier alpha value is -1.18. The van der Waals surface area contributed by atoms with Gasteiger partial charge in [0, 0.05) is 13.1 Å². The summed E-state index contributed by atoms with van der Waals surface area (Å²) in [6, 6.07) is 0. The summed E-state index contributed by atoms with van der Waals surface area (Å²) < 4.78 is 0. The zero-order valence-corrected chi connectivity index (χ0v) is 7.62. The van der Waals surface area contributed by atoms with Crippen molar-refractivity contribution in [3.63, 3.8) is 0 Å². The second kappa shape index (κ2) is 4.65. The van der Waals surface area contributed by atoms with Gasteiger partial charge in [-0.15, -0.1) is 0 Å². The van der Waals surface area contributed by atoms with Crippen LogP contribution in [0.15, 0.2) is 34.3 Å². The Morgan fingerprint density at radius 1 is 0.833 bits per heavy atom. The van der Waals surface area contributed by atoms with Gasteiger partial charge in [-0.2, -0.15) is 0 Å². The van der Waals surface area contributed by atoms with Crippen LogP contribution in [0, 0.1) is 0 Å². The fourth-order valence-electron chi connectivity index (χ4n) is 1.03. The van der Waals surface area contributed by atoms with Crippen LogP contribution in [-0.2, 0) is 0 Å². The van der Waals surface area contributed by atoms with Crippen LogP contribution in [0.1, 0.15) is 13.8 Å². The predicted molar refractivity (Wildman–Crippen MR) is 54.2 cm³/mol. The van der Waals surface area contributed by atoms with Crippen molar-refractivity contribution in [2.24, 2.45) is 9.98 Å². The molecule has 1 rings (SSSR count). The Bertz CT molecular complexity index is 213. The molecule has 0 N–H and O–H groups in total. The molecule has 0 aromatic carbocycles. The first-order valence-corrected chi connectivity index (χ1v) is 4.32. The summed E-state index contributed by atoms with van der Waals surface area (Å²) in [6.45, 7) is 5.74. The lowest BCUT2D eigenvalue weighted by molar-refractivity contribution is 1.13. The molecule has 0 aromatic rings. The molecule has 0 spiro atoms. The molecule has 0 bridgehead atoms. The van der Waals surface area contributed by atoms with Crippen molar-refractivity contribution >= 4 is 11.4 Å². The average Bonchev–Trinajstić information content (AvgIpc) is 2.09. The van der Waals surface area contributed by atoms with Crippen molar-refractivity contribution < 1.29 is 0 Å². The molecule has 64 valence electrons. The fourth-order valence-corrected chi connectivity index (χ4v) is 1.03. The number of hydrogen-bond acceptors (Lipinski definition) is 2. The van der Waals surface area contributed by atoms with Gasteiger partial charge in [0.2, 0.25) is 0 Å². The maximum Gasteiger partial charge on any atom is 0.0575 e. The fraction of sp³-hybridized carbons (Fsp3) is 0.400. The molecule has 0 saturated heterocycles. The Balaban J connectivity index is 2.66. The van der Waals surface area contributed by atoms with Gasteiger partial charge in [-0.1, -0.05) is 0 Å². The van der Waals surface area contributed by atoms with Gasteiger partial charge < -0.3 is 0 Å². The third-order valence-electron chi connectivity index (χ3n) is 1.53. The molecule has 1 aliphatic rings.